The number of allylic oxidation sites excluding steroid dienone is 1. The molecule has 5 heterocycles. The summed E-state index contributed by atoms with van der Waals surface area (Å²) in [5.41, 5.74) is 10.0. The van der Waals surface area contributed by atoms with Gasteiger partial charge in [-0.1, -0.05) is 33.4 Å². The van der Waals surface area contributed by atoms with Crippen molar-refractivity contribution >= 4 is 38.8 Å². The van der Waals surface area contributed by atoms with Crippen LogP contribution < -0.4 is 5.32 Å². The van der Waals surface area contributed by atoms with Crippen LogP contribution in [0.5, 0.6) is 0 Å². The quantitative estimate of drug-likeness (QED) is 0.230. The van der Waals surface area contributed by atoms with E-state index in [4.69, 9.17) is 0 Å². The van der Waals surface area contributed by atoms with Crippen molar-refractivity contribution in [3.63, 3.8) is 0 Å². The molecular weight excluding hydrogens is 464 g/mol. The van der Waals surface area contributed by atoms with E-state index in [1.165, 1.54) is 5.56 Å². The molecule has 0 unspecified atom stereocenters. The molecule has 0 fully saturated rings. The molecule has 1 aromatic carbocycles. The van der Waals surface area contributed by atoms with E-state index in [1.807, 2.05) is 24.8 Å². The first kappa shape index (κ1) is 22.2. The van der Waals surface area contributed by atoms with Gasteiger partial charge in [-0.15, -0.1) is 0 Å². The van der Waals surface area contributed by atoms with Crippen molar-refractivity contribution in [2.45, 2.75) is 20.8 Å². The Morgan fingerprint density at radius 2 is 1.75 bits per heavy atom. The Hall–Kier alpha value is -4.23. The van der Waals surface area contributed by atoms with Crippen molar-refractivity contribution in [3.8, 4) is 33.6 Å². The van der Waals surface area contributed by atoms with Gasteiger partial charge < -0.3 is 10.3 Å². The third-order valence-corrected chi connectivity index (χ3v) is 7.15. The molecule has 0 saturated heterocycles. The maximum absolute atomic E-state index is 4.66. The number of benzene rings is 1. The molecule has 36 heavy (non-hydrogen) atoms. The van der Waals surface area contributed by atoms with Gasteiger partial charge in [0.25, 0.3) is 0 Å². The van der Waals surface area contributed by atoms with Crippen LogP contribution >= 0.6 is 11.3 Å². The monoisotopic (exact) mass is 490 g/mol. The van der Waals surface area contributed by atoms with Crippen LogP contribution in [0.4, 0.5) is 5.69 Å². The Bertz CT molecular complexity index is 1720. The van der Waals surface area contributed by atoms with Crippen molar-refractivity contribution in [2.24, 2.45) is 5.41 Å². The number of pyridine rings is 2. The number of aromatic nitrogens is 5. The van der Waals surface area contributed by atoms with Gasteiger partial charge in [-0.25, -0.2) is 0 Å². The first-order valence-corrected chi connectivity index (χ1v) is 12.7. The normalized spacial score (nSPS) is 11.9. The molecule has 7 heteroatoms. The number of nitrogens with zero attached hydrogens (tertiary/aromatic N) is 3. The summed E-state index contributed by atoms with van der Waals surface area (Å²) >= 11 is 1.68. The zero-order valence-electron chi connectivity index (χ0n) is 20.4. The smallest absolute Gasteiger partial charge is 0.116 e. The van der Waals surface area contributed by atoms with E-state index in [0.717, 1.165) is 61.3 Å². The summed E-state index contributed by atoms with van der Waals surface area (Å²) in [6.45, 7) is 10.6. The molecule has 5 aromatic heterocycles. The predicted molar refractivity (Wildman–Crippen MR) is 150 cm³/mol. The Balaban J connectivity index is 1.40. The summed E-state index contributed by atoms with van der Waals surface area (Å²) in [6, 6.07) is 12.7. The number of hydrogen-bond donors (Lipinski definition) is 3. The second-order valence-electron chi connectivity index (χ2n) is 9.99. The van der Waals surface area contributed by atoms with Crippen LogP contribution in [-0.2, 0) is 0 Å². The van der Waals surface area contributed by atoms with Gasteiger partial charge in [-0.2, -0.15) is 16.4 Å². The van der Waals surface area contributed by atoms with E-state index in [9.17, 15) is 0 Å². The number of hydrogen-bond acceptors (Lipinski definition) is 5. The molecule has 0 aliphatic heterocycles. The van der Waals surface area contributed by atoms with E-state index in [1.54, 1.807) is 11.3 Å². The minimum atomic E-state index is -0.0427. The van der Waals surface area contributed by atoms with Gasteiger partial charge in [0, 0.05) is 45.4 Å². The molecule has 6 aromatic rings. The lowest BCUT2D eigenvalue weighted by atomic mass is 9.93. The molecule has 0 amide bonds. The van der Waals surface area contributed by atoms with Gasteiger partial charge in [0.15, 0.2) is 0 Å². The predicted octanol–water partition coefficient (Wildman–Crippen LogP) is 7.87. The van der Waals surface area contributed by atoms with Gasteiger partial charge in [-0.05, 0) is 52.2 Å². The zero-order valence-corrected chi connectivity index (χ0v) is 21.2. The summed E-state index contributed by atoms with van der Waals surface area (Å²) in [6.07, 6.45) is 7.50. The molecule has 0 aliphatic rings. The molecular formula is C29H26N6S. The average molecular weight is 491 g/mol. The van der Waals surface area contributed by atoms with E-state index < -0.39 is 0 Å². The van der Waals surface area contributed by atoms with Gasteiger partial charge in [0.2, 0.25) is 0 Å². The Morgan fingerprint density at radius 1 is 0.889 bits per heavy atom. The van der Waals surface area contributed by atoms with Crippen molar-refractivity contribution in [1.29, 1.82) is 0 Å². The highest BCUT2D eigenvalue weighted by molar-refractivity contribution is 7.08. The molecule has 6 nitrogen and oxygen atoms in total. The third-order valence-electron chi connectivity index (χ3n) is 6.47. The summed E-state index contributed by atoms with van der Waals surface area (Å²) in [7, 11) is 0. The first-order valence-electron chi connectivity index (χ1n) is 11.8. The highest BCUT2D eigenvalue weighted by Gasteiger charge is 2.17. The van der Waals surface area contributed by atoms with Gasteiger partial charge in [0.1, 0.15) is 5.69 Å². The fraction of sp³-hybridized carbons (Fsp3) is 0.138. The van der Waals surface area contributed by atoms with Crippen molar-refractivity contribution in [2.75, 3.05) is 5.32 Å². The highest BCUT2D eigenvalue weighted by atomic mass is 32.1. The zero-order chi connectivity index (χ0) is 24.9. The molecule has 0 atom stereocenters. The second-order valence-corrected chi connectivity index (χ2v) is 10.8. The molecule has 0 radical (unpaired) electrons. The summed E-state index contributed by atoms with van der Waals surface area (Å²) < 4.78 is 0. The van der Waals surface area contributed by atoms with Crippen LogP contribution in [0, 0.1) is 5.41 Å². The minimum absolute atomic E-state index is 0.0427. The van der Waals surface area contributed by atoms with Gasteiger partial charge in [0.05, 0.1) is 34.8 Å². The third kappa shape index (κ3) is 3.97. The first-order chi connectivity index (χ1) is 17.4. The van der Waals surface area contributed by atoms with Crippen molar-refractivity contribution < 1.29 is 0 Å². The van der Waals surface area contributed by atoms with E-state index >= 15 is 0 Å². The lowest BCUT2D eigenvalue weighted by Crippen LogP contribution is -2.15. The number of H-pyrrole nitrogens is 2. The van der Waals surface area contributed by atoms with Crippen LogP contribution in [0.25, 0.3) is 55.4 Å². The Kier molecular flexibility index (Phi) is 5.23. The highest BCUT2D eigenvalue weighted by Crippen LogP contribution is 2.35. The topological polar surface area (TPSA) is 82.3 Å². The van der Waals surface area contributed by atoms with Crippen LogP contribution in [0.2, 0.25) is 0 Å². The molecule has 0 aliphatic carbocycles. The van der Waals surface area contributed by atoms with Crippen LogP contribution in [0.1, 0.15) is 20.8 Å². The van der Waals surface area contributed by atoms with E-state index in [2.05, 4.69) is 105 Å². The Morgan fingerprint density at radius 3 is 2.56 bits per heavy atom. The SMILES string of the molecule is C=C(Nc1cncc(-c2ccc3[nH]nc(-c4cc5c(-c6ccsc6)cncc5[nH]4)c3c2)c1)C(C)(C)C. The standard InChI is InChI=1S/C29H26N6S/c1-17(29(2,3)4)32-21-9-20(12-30-13-21)18-5-6-25-23(10-18)28(35-34-25)26-11-22-24(19-7-8-36-16-19)14-31-15-27(22)33-26/h5-16,32-33H,1H2,2-4H3,(H,34,35). The van der Waals surface area contributed by atoms with Crippen molar-refractivity contribution in [3.05, 3.63) is 84.2 Å². The number of rotatable bonds is 5. The summed E-state index contributed by atoms with van der Waals surface area (Å²) in [5.74, 6) is 0. The molecule has 178 valence electrons. The Labute approximate surface area is 213 Å². The molecule has 6 rings (SSSR count). The second kappa shape index (κ2) is 8.46. The van der Waals surface area contributed by atoms with Gasteiger partial charge >= 0.3 is 0 Å². The molecule has 0 spiro atoms. The number of fused-ring (bicyclic) bond motifs is 2. The maximum Gasteiger partial charge on any atom is 0.116 e. The fourth-order valence-electron chi connectivity index (χ4n) is 4.25. The van der Waals surface area contributed by atoms with E-state index in [0.29, 0.717) is 0 Å². The van der Waals surface area contributed by atoms with Crippen LogP contribution in [0.15, 0.2) is 84.2 Å². The average Bonchev–Trinajstić information content (AvgIpc) is 3.62. The lowest BCUT2D eigenvalue weighted by molar-refractivity contribution is 0.509. The van der Waals surface area contributed by atoms with Crippen LogP contribution in [0.3, 0.4) is 0 Å². The minimum Gasteiger partial charge on any atom is -0.358 e. The van der Waals surface area contributed by atoms with Crippen LogP contribution in [-0.4, -0.2) is 25.1 Å². The molecule has 3 N–H and O–H groups in total. The summed E-state index contributed by atoms with van der Waals surface area (Å²) in [5, 5.41) is 17.7. The van der Waals surface area contributed by atoms with Gasteiger partial charge in [-0.3, -0.25) is 15.1 Å². The van der Waals surface area contributed by atoms with E-state index in [-0.39, 0.29) is 5.41 Å². The maximum atomic E-state index is 4.66. The summed E-state index contributed by atoms with van der Waals surface area (Å²) in [4.78, 5) is 12.4. The largest absolute Gasteiger partial charge is 0.358 e. The number of anilines is 1. The van der Waals surface area contributed by atoms with Crippen molar-refractivity contribution in [1.82, 2.24) is 25.1 Å². The molecule has 0 saturated carbocycles. The lowest BCUT2D eigenvalue weighted by Gasteiger charge is -2.23. The number of nitrogens with one attached hydrogen (secondary N) is 3. The fourth-order valence-corrected chi connectivity index (χ4v) is 4.91. The number of aromatic amines is 2. The molecule has 0 bridgehead atoms. The number of thiophene rings is 1.